The van der Waals surface area contributed by atoms with Gasteiger partial charge in [-0.15, -0.1) is 0 Å². The van der Waals surface area contributed by atoms with Gasteiger partial charge in [0.2, 0.25) is 0 Å². The lowest BCUT2D eigenvalue weighted by Crippen LogP contribution is -1.57. The summed E-state index contributed by atoms with van der Waals surface area (Å²) in [6.45, 7) is 5.16. The SMILES string of the molecule is C=COC.CC=COC. The summed E-state index contributed by atoms with van der Waals surface area (Å²) >= 11 is 0. The van der Waals surface area contributed by atoms with E-state index >= 15 is 0 Å². The van der Waals surface area contributed by atoms with E-state index in [-0.39, 0.29) is 0 Å². The van der Waals surface area contributed by atoms with Crippen LogP contribution in [0.25, 0.3) is 0 Å². The Hall–Kier alpha value is -0.920. The van der Waals surface area contributed by atoms with Crippen LogP contribution in [0.3, 0.4) is 0 Å². The molecule has 0 atom stereocenters. The van der Waals surface area contributed by atoms with Crippen LogP contribution in [0.15, 0.2) is 25.2 Å². The fourth-order valence-electron chi connectivity index (χ4n) is 0.136. The lowest BCUT2D eigenvalue weighted by atomic mass is 10.7. The van der Waals surface area contributed by atoms with Crippen molar-refractivity contribution in [2.45, 2.75) is 6.92 Å². The summed E-state index contributed by atoms with van der Waals surface area (Å²) in [4.78, 5) is 0. The quantitative estimate of drug-likeness (QED) is 0.532. The van der Waals surface area contributed by atoms with Crippen molar-refractivity contribution >= 4 is 0 Å². The normalized spacial score (nSPS) is 7.44. The van der Waals surface area contributed by atoms with Crippen LogP contribution >= 0.6 is 0 Å². The Labute approximate surface area is 56.8 Å². The summed E-state index contributed by atoms with van der Waals surface area (Å²) in [6, 6.07) is 0. The van der Waals surface area contributed by atoms with Crippen LogP contribution in [-0.4, -0.2) is 14.2 Å². The first kappa shape index (κ1) is 11.0. The second-order valence-electron chi connectivity index (χ2n) is 1.11. The molecule has 0 N–H and O–H groups in total. The summed E-state index contributed by atoms with van der Waals surface area (Å²) in [5.41, 5.74) is 0. The Bertz CT molecular complexity index is 67.3. The number of ether oxygens (including phenoxy) is 2. The molecule has 9 heavy (non-hydrogen) atoms. The molecule has 0 bridgehead atoms. The third-order valence-electron chi connectivity index (χ3n) is 0.439. The lowest BCUT2D eigenvalue weighted by Gasteiger charge is -1.76. The zero-order valence-corrected chi connectivity index (χ0v) is 6.26. The van der Waals surface area contributed by atoms with Crippen LogP contribution < -0.4 is 0 Å². The minimum absolute atomic E-state index is 1.38. The Kier molecular flexibility index (Phi) is 19.1. The van der Waals surface area contributed by atoms with E-state index < -0.39 is 0 Å². The second kappa shape index (κ2) is 15.7. The zero-order chi connectivity index (χ0) is 7.54. The Balaban J connectivity index is 0. The van der Waals surface area contributed by atoms with Gasteiger partial charge in [0.15, 0.2) is 0 Å². The molecular weight excluding hydrogens is 116 g/mol. The van der Waals surface area contributed by atoms with E-state index in [0.717, 1.165) is 0 Å². The van der Waals surface area contributed by atoms with E-state index in [1.165, 1.54) is 6.26 Å². The fraction of sp³-hybridized carbons (Fsp3) is 0.429. The maximum atomic E-state index is 4.51. The third kappa shape index (κ3) is 42.2. The Morgan fingerprint density at radius 2 is 1.67 bits per heavy atom. The van der Waals surface area contributed by atoms with Crippen molar-refractivity contribution in [3.05, 3.63) is 25.2 Å². The molecule has 0 aliphatic carbocycles. The first-order valence-corrected chi connectivity index (χ1v) is 2.61. The molecule has 0 saturated carbocycles. The van der Waals surface area contributed by atoms with Crippen molar-refractivity contribution < 1.29 is 9.47 Å². The monoisotopic (exact) mass is 130 g/mol. The maximum Gasteiger partial charge on any atom is 0.0781 e. The average molecular weight is 130 g/mol. The van der Waals surface area contributed by atoms with Crippen LogP contribution in [0, 0.1) is 0 Å². The van der Waals surface area contributed by atoms with Crippen LogP contribution in [0.5, 0.6) is 0 Å². The summed E-state index contributed by atoms with van der Waals surface area (Å²) in [5.74, 6) is 0. The van der Waals surface area contributed by atoms with Gasteiger partial charge in [0, 0.05) is 0 Å². The van der Waals surface area contributed by atoms with Crippen molar-refractivity contribution in [2.75, 3.05) is 14.2 Å². The fourth-order valence-corrected chi connectivity index (χ4v) is 0.136. The average Bonchev–Trinajstić information content (AvgIpc) is 1.91. The molecule has 2 heteroatoms. The maximum absolute atomic E-state index is 4.51. The highest BCUT2D eigenvalue weighted by Gasteiger charge is 1.47. The van der Waals surface area contributed by atoms with Crippen molar-refractivity contribution in [1.29, 1.82) is 0 Å². The van der Waals surface area contributed by atoms with E-state index in [4.69, 9.17) is 0 Å². The topological polar surface area (TPSA) is 18.5 Å². The summed E-state index contributed by atoms with van der Waals surface area (Å²) in [7, 11) is 3.19. The van der Waals surface area contributed by atoms with Crippen LogP contribution in [-0.2, 0) is 9.47 Å². The van der Waals surface area contributed by atoms with Gasteiger partial charge in [0.1, 0.15) is 0 Å². The Morgan fingerprint density at radius 3 is 1.67 bits per heavy atom. The molecule has 0 radical (unpaired) electrons. The molecule has 0 fully saturated rings. The van der Waals surface area contributed by atoms with Crippen molar-refractivity contribution in [1.82, 2.24) is 0 Å². The van der Waals surface area contributed by atoms with Gasteiger partial charge in [-0.1, -0.05) is 12.7 Å². The zero-order valence-electron chi connectivity index (χ0n) is 6.26. The van der Waals surface area contributed by atoms with Crippen molar-refractivity contribution in [3.63, 3.8) is 0 Å². The molecule has 0 aliphatic rings. The largest absolute Gasteiger partial charge is 0.505 e. The summed E-state index contributed by atoms with van der Waals surface area (Å²) < 4.78 is 8.82. The predicted octanol–water partition coefficient (Wildman–Crippen LogP) is 1.94. The van der Waals surface area contributed by atoms with Crippen molar-refractivity contribution in [3.8, 4) is 0 Å². The standard InChI is InChI=1S/C4H8O.C3H6O/c1-3-4-5-2;1-3-4-2/h3-4H,1-2H3;3H,1H2,2H3. The van der Waals surface area contributed by atoms with Gasteiger partial charge in [-0.25, -0.2) is 0 Å². The van der Waals surface area contributed by atoms with E-state index in [0.29, 0.717) is 0 Å². The lowest BCUT2D eigenvalue weighted by molar-refractivity contribution is 0.337. The molecule has 54 valence electrons. The molecule has 0 aromatic heterocycles. The van der Waals surface area contributed by atoms with Gasteiger partial charge < -0.3 is 9.47 Å². The van der Waals surface area contributed by atoms with Gasteiger partial charge in [0.05, 0.1) is 26.7 Å². The highest BCUT2D eigenvalue weighted by Crippen LogP contribution is 1.64. The van der Waals surface area contributed by atoms with E-state index in [2.05, 4.69) is 16.1 Å². The molecule has 0 heterocycles. The molecule has 0 aliphatic heterocycles. The molecule has 0 rings (SSSR count). The molecule has 2 nitrogen and oxygen atoms in total. The predicted molar refractivity (Wildman–Crippen MR) is 39.0 cm³/mol. The van der Waals surface area contributed by atoms with Gasteiger partial charge in [-0.2, -0.15) is 0 Å². The highest BCUT2D eigenvalue weighted by atomic mass is 16.5. The van der Waals surface area contributed by atoms with E-state index in [1.54, 1.807) is 20.5 Å². The van der Waals surface area contributed by atoms with Crippen LogP contribution in [0.4, 0.5) is 0 Å². The first-order valence-electron chi connectivity index (χ1n) is 2.61. The summed E-state index contributed by atoms with van der Waals surface area (Å²) in [5, 5.41) is 0. The molecule has 0 unspecified atom stereocenters. The number of rotatable bonds is 2. The van der Waals surface area contributed by atoms with Gasteiger partial charge in [-0.3, -0.25) is 0 Å². The minimum atomic E-state index is 1.38. The molecular formula is C7H14O2. The number of hydrogen-bond acceptors (Lipinski definition) is 2. The number of allylic oxidation sites excluding steroid dienone is 1. The van der Waals surface area contributed by atoms with Gasteiger partial charge in [-0.05, 0) is 6.92 Å². The van der Waals surface area contributed by atoms with Crippen LogP contribution in [0.1, 0.15) is 6.92 Å². The van der Waals surface area contributed by atoms with Gasteiger partial charge in [0.25, 0.3) is 0 Å². The molecule has 0 aromatic rings. The minimum Gasteiger partial charge on any atom is -0.505 e. The first-order chi connectivity index (χ1) is 4.33. The smallest absolute Gasteiger partial charge is 0.0781 e. The molecule has 0 saturated heterocycles. The number of hydrogen-bond donors (Lipinski definition) is 0. The summed E-state index contributed by atoms with van der Waals surface area (Å²) in [6.07, 6.45) is 4.83. The molecule has 0 spiro atoms. The third-order valence-corrected chi connectivity index (χ3v) is 0.439. The van der Waals surface area contributed by atoms with E-state index in [1.807, 2.05) is 13.0 Å². The van der Waals surface area contributed by atoms with Crippen molar-refractivity contribution in [2.24, 2.45) is 0 Å². The highest BCUT2D eigenvalue weighted by molar-refractivity contribution is 4.63. The van der Waals surface area contributed by atoms with E-state index in [9.17, 15) is 0 Å². The molecule has 0 amide bonds. The molecule has 0 aromatic carbocycles. The second-order valence-corrected chi connectivity index (χ2v) is 1.11. The Morgan fingerprint density at radius 1 is 1.22 bits per heavy atom. The van der Waals surface area contributed by atoms with Gasteiger partial charge >= 0.3 is 0 Å². The number of methoxy groups -OCH3 is 2. The van der Waals surface area contributed by atoms with Crippen LogP contribution in [0.2, 0.25) is 0 Å².